The van der Waals surface area contributed by atoms with E-state index in [0.29, 0.717) is 15.6 Å². The first-order chi connectivity index (χ1) is 10.5. The highest BCUT2D eigenvalue weighted by Gasteiger charge is 2.36. The van der Waals surface area contributed by atoms with Crippen molar-refractivity contribution in [1.29, 1.82) is 0 Å². The molecule has 1 saturated heterocycles. The van der Waals surface area contributed by atoms with Gasteiger partial charge in [0.1, 0.15) is 17.0 Å². The zero-order chi connectivity index (χ0) is 15.9. The summed E-state index contributed by atoms with van der Waals surface area (Å²) in [6, 6.07) is 8.20. The molecule has 0 saturated carbocycles. The van der Waals surface area contributed by atoms with Crippen LogP contribution in [0.25, 0.3) is 0 Å². The Balaban J connectivity index is 2.08. The first-order valence-electron chi connectivity index (χ1n) is 6.31. The number of hydrogen-bond acceptors (Lipinski definition) is 2. The molecule has 0 bridgehead atoms. The van der Waals surface area contributed by atoms with Gasteiger partial charge in [-0.1, -0.05) is 35.3 Å². The maximum absolute atomic E-state index is 14.0. The molecule has 0 radical (unpaired) electrons. The number of hydrogen-bond donors (Lipinski definition) is 0. The number of rotatable bonds is 2. The van der Waals surface area contributed by atoms with E-state index in [1.165, 1.54) is 22.7 Å². The highest BCUT2D eigenvalue weighted by molar-refractivity contribution is 8.00. The minimum Gasteiger partial charge on any atom is -0.292 e. The smallest absolute Gasteiger partial charge is 0.238 e. The van der Waals surface area contributed by atoms with E-state index in [4.69, 9.17) is 23.2 Å². The number of thioether (sulfide) groups is 1. The van der Waals surface area contributed by atoms with Crippen LogP contribution >= 0.6 is 35.0 Å². The Bertz CT molecular complexity index is 756. The molecule has 1 aliphatic rings. The number of amides is 1. The van der Waals surface area contributed by atoms with Gasteiger partial charge >= 0.3 is 0 Å². The van der Waals surface area contributed by atoms with Crippen molar-refractivity contribution in [2.45, 2.75) is 5.37 Å². The zero-order valence-electron chi connectivity index (χ0n) is 11.0. The molecule has 0 aromatic heterocycles. The second-order valence-electron chi connectivity index (χ2n) is 4.67. The molecule has 0 unspecified atom stereocenters. The number of anilines is 1. The lowest BCUT2D eigenvalue weighted by Crippen LogP contribution is -2.28. The summed E-state index contributed by atoms with van der Waals surface area (Å²) in [4.78, 5) is 13.4. The summed E-state index contributed by atoms with van der Waals surface area (Å²) in [6.45, 7) is 0. The van der Waals surface area contributed by atoms with E-state index in [1.54, 1.807) is 18.2 Å². The summed E-state index contributed by atoms with van der Waals surface area (Å²) >= 11 is 13.5. The minimum absolute atomic E-state index is 0.0254. The van der Waals surface area contributed by atoms with Gasteiger partial charge in [0.25, 0.3) is 0 Å². The molecule has 2 aromatic rings. The van der Waals surface area contributed by atoms with Crippen molar-refractivity contribution >= 4 is 46.6 Å². The Kier molecular flexibility index (Phi) is 4.30. The lowest BCUT2D eigenvalue weighted by molar-refractivity contribution is -0.115. The van der Waals surface area contributed by atoms with Crippen LogP contribution in [0, 0.1) is 11.6 Å². The molecule has 1 heterocycles. The van der Waals surface area contributed by atoms with E-state index in [2.05, 4.69) is 0 Å². The molecule has 0 N–H and O–H groups in total. The summed E-state index contributed by atoms with van der Waals surface area (Å²) in [5.41, 5.74) is 0.645. The van der Waals surface area contributed by atoms with Gasteiger partial charge in [0.05, 0.1) is 21.5 Å². The Morgan fingerprint density at radius 2 is 1.95 bits per heavy atom. The third kappa shape index (κ3) is 2.69. The van der Waals surface area contributed by atoms with Gasteiger partial charge in [-0.3, -0.25) is 9.69 Å². The fourth-order valence-electron chi connectivity index (χ4n) is 2.30. The Morgan fingerprint density at radius 1 is 1.18 bits per heavy atom. The highest BCUT2D eigenvalue weighted by atomic mass is 35.5. The van der Waals surface area contributed by atoms with E-state index in [9.17, 15) is 13.6 Å². The third-order valence-corrected chi connectivity index (χ3v) is 5.31. The van der Waals surface area contributed by atoms with Gasteiger partial charge in [0.2, 0.25) is 5.91 Å². The average molecular weight is 360 g/mol. The molecule has 1 fully saturated rings. The molecule has 0 aliphatic carbocycles. The molecular formula is C15H9Cl2F2NOS. The molecule has 1 aliphatic heterocycles. The van der Waals surface area contributed by atoms with Gasteiger partial charge in [-0.25, -0.2) is 8.78 Å². The molecule has 0 spiro atoms. The van der Waals surface area contributed by atoms with Crippen molar-refractivity contribution in [3.8, 4) is 0 Å². The van der Waals surface area contributed by atoms with Crippen LogP contribution in [0.2, 0.25) is 10.0 Å². The van der Waals surface area contributed by atoms with Gasteiger partial charge in [-0.05, 0) is 18.2 Å². The number of halogens is 4. The molecule has 22 heavy (non-hydrogen) atoms. The highest BCUT2D eigenvalue weighted by Crippen LogP contribution is 2.45. The molecule has 2 aromatic carbocycles. The second kappa shape index (κ2) is 6.07. The van der Waals surface area contributed by atoms with Crippen LogP contribution in [-0.2, 0) is 4.79 Å². The van der Waals surface area contributed by atoms with Crippen LogP contribution in [-0.4, -0.2) is 11.7 Å². The van der Waals surface area contributed by atoms with E-state index in [0.717, 1.165) is 12.1 Å². The van der Waals surface area contributed by atoms with Crippen molar-refractivity contribution < 1.29 is 13.6 Å². The number of carbonyl (C=O) groups excluding carboxylic acids is 1. The maximum atomic E-state index is 14.0. The molecule has 7 heteroatoms. The van der Waals surface area contributed by atoms with Gasteiger partial charge in [0.15, 0.2) is 0 Å². The predicted molar refractivity (Wildman–Crippen MR) is 85.5 cm³/mol. The number of benzene rings is 2. The maximum Gasteiger partial charge on any atom is 0.238 e. The molecule has 1 amide bonds. The minimum atomic E-state index is -0.793. The van der Waals surface area contributed by atoms with E-state index < -0.39 is 17.0 Å². The Hall–Kier alpha value is -1.30. The van der Waals surface area contributed by atoms with Crippen molar-refractivity contribution in [3.05, 3.63) is 63.6 Å². The predicted octanol–water partition coefficient (Wildman–Crippen LogP) is 5.05. The summed E-state index contributed by atoms with van der Waals surface area (Å²) in [6.07, 6.45) is 0. The fraction of sp³-hybridized carbons (Fsp3) is 0.133. The van der Waals surface area contributed by atoms with Crippen LogP contribution in [0.15, 0.2) is 36.4 Å². The Morgan fingerprint density at radius 3 is 2.68 bits per heavy atom. The SMILES string of the molecule is O=C1CS[C@@H](c2cccc(Cl)c2Cl)N1c1ccc(F)cc1F. The van der Waals surface area contributed by atoms with E-state index >= 15 is 0 Å². The summed E-state index contributed by atoms with van der Waals surface area (Å²) in [5, 5.41) is 0.182. The van der Waals surface area contributed by atoms with Gasteiger partial charge in [-0.2, -0.15) is 0 Å². The average Bonchev–Trinajstić information content (AvgIpc) is 2.84. The van der Waals surface area contributed by atoms with Crippen LogP contribution in [0.3, 0.4) is 0 Å². The fourth-order valence-corrected chi connectivity index (χ4v) is 3.97. The van der Waals surface area contributed by atoms with Crippen LogP contribution in [0.4, 0.5) is 14.5 Å². The summed E-state index contributed by atoms with van der Waals surface area (Å²) in [5.74, 6) is -1.57. The van der Waals surface area contributed by atoms with Crippen molar-refractivity contribution in [1.82, 2.24) is 0 Å². The van der Waals surface area contributed by atoms with Crippen LogP contribution in [0.1, 0.15) is 10.9 Å². The lowest BCUT2D eigenvalue weighted by atomic mass is 10.1. The third-order valence-electron chi connectivity index (χ3n) is 3.28. The van der Waals surface area contributed by atoms with Gasteiger partial charge < -0.3 is 0 Å². The molecular weight excluding hydrogens is 351 g/mol. The quantitative estimate of drug-likeness (QED) is 0.747. The van der Waals surface area contributed by atoms with Crippen molar-refractivity contribution in [3.63, 3.8) is 0 Å². The van der Waals surface area contributed by atoms with Crippen LogP contribution < -0.4 is 4.90 Å². The molecule has 114 valence electrons. The standard InChI is InChI=1S/C15H9Cl2F2NOS/c16-10-3-1-2-9(14(10)17)15-20(13(21)7-22-15)12-5-4-8(18)6-11(12)19/h1-6,15H,7H2/t15-/m0/s1. The first kappa shape index (κ1) is 15.6. The zero-order valence-corrected chi connectivity index (χ0v) is 13.4. The van der Waals surface area contributed by atoms with Crippen molar-refractivity contribution in [2.75, 3.05) is 10.7 Å². The molecule has 1 atom stereocenters. The number of nitrogens with zero attached hydrogens (tertiary/aromatic N) is 1. The largest absolute Gasteiger partial charge is 0.292 e. The topological polar surface area (TPSA) is 20.3 Å². The molecule has 2 nitrogen and oxygen atoms in total. The molecule has 3 rings (SSSR count). The normalized spacial score (nSPS) is 18.1. The lowest BCUT2D eigenvalue weighted by Gasteiger charge is -2.25. The monoisotopic (exact) mass is 359 g/mol. The summed E-state index contributed by atoms with van der Waals surface area (Å²) in [7, 11) is 0. The Labute approximate surface area is 140 Å². The van der Waals surface area contributed by atoms with E-state index in [-0.39, 0.29) is 17.3 Å². The van der Waals surface area contributed by atoms with Crippen molar-refractivity contribution in [2.24, 2.45) is 0 Å². The summed E-state index contributed by atoms with van der Waals surface area (Å²) < 4.78 is 27.1. The van der Waals surface area contributed by atoms with Gasteiger partial charge in [0, 0.05) is 11.6 Å². The van der Waals surface area contributed by atoms with E-state index in [1.807, 2.05) is 0 Å². The number of carbonyl (C=O) groups is 1. The van der Waals surface area contributed by atoms with Crippen LogP contribution in [0.5, 0.6) is 0 Å². The second-order valence-corrected chi connectivity index (χ2v) is 6.52. The van der Waals surface area contributed by atoms with Gasteiger partial charge in [-0.15, -0.1) is 11.8 Å². The first-order valence-corrected chi connectivity index (χ1v) is 8.12.